The van der Waals surface area contributed by atoms with Gasteiger partial charge in [0.1, 0.15) is 5.75 Å². The van der Waals surface area contributed by atoms with Crippen molar-refractivity contribution < 1.29 is 22.7 Å². The lowest BCUT2D eigenvalue weighted by Crippen LogP contribution is -2.37. The second-order valence-corrected chi connectivity index (χ2v) is 4.63. The lowest BCUT2D eigenvalue weighted by atomic mass is 10.1. The minimum atomic E-state index is -4.70. The number of alkyl halides is 3. The summed E-state index contributed by atoms with van der Waals surface area (Å²) >= 11 is 0. The lowest BCUT2D eigenvalue weighted by Gasteiger charge is -2.12. The van der Waals surface area contributed by atoms with E-state index in [0.29, 0.717) is 5.56 Å². The number of halogens is 3. The van der Waals surface area contributed by atoms with Crippen molar-refractivity contribution in [2.24, 2.45) is 0 Å². The van der Waals surface area contributed by atoms with Crippen molar-refractivity contribution in [3.63, 3.8) is 0 Å². The number of benzene rings is 1. The van der Waals surface area contributed by atoms with E-state index in [4.69, 9.17) is 0 Å². The first-order valence-corrected chi connectivity index (χ1v) is 6.27. The van der Waals surface area contributed by atoms with Gasteiger partial charge in [-0.05, 0) is 30.7 Å². The molecular formula is C13H15F3N2O2. The molecule has 20 heavy (non-hydrogen) atoms. The van der Waals surface area contributed by atoms with E-state index >= 15 is 0 Å². The molecule has 2 rings (SSSR count). The van der Waals surface area contributed by atoms with Gasteiger partial charge in [0.25, 0.3) is 0 Å². The molecule has 0 radical (unpaired) electrons. The smallest absolute Gasteiger partial charge is 0.406 e. The molecule has 2 N–H and O–H groups in total. The molecule has 110 valence electrons. The Bertz CT molecular complexity index is 454. The Balaban J connectivity index is 1.85. The van der Waals surface area contributed by atoms with Gasteiger partial charge in [0.2, 0.25) is 5.91 Å². The fourth-order valence-electron chi connectivity index (χ4n) is 2.05. The van der Waals surface area contributed by atoms with Gasteiger partial charge in [0.15, 0.2) is 0 Å². The zero-order chi connectivity index (χ0) is 14.6. The summed E-state index contributed by atoms with van der Waals surface area (Å²) in [6.45, 7) is 1.64. The van der Waals surface area contributed by atoms with Gasteiger partial charge in [0.05, 0.1) is 6.42 Å². The third-order valence-electron chi connectivity index (χ3n) is 2.95. The maximum atomic E-state index is 12.0. The fourth-order valence-corrected chi connectivity index (χ4v) is 2.05. The molecule has 0 bridgehead atoms. The summed E-state index contributed by atoms with van der Waals surface area (Å²) in [6.07, 6.45) is -3.67. The zero-order valence-corrected chi connectivity index (χ0v) is 10.7. The van der Waals surface area contributed by atoms with Crippen LogP contribution in [0.5, 0.6) is 5.75 Å². The van der Waals surface area contributed by atoms with Gasteiger partial charge in [-0.1, -0.05) is 12.1 Å². The Morgan fingerprint density at radius 3 is 2.60 bits per heavy atom. The van der Waals surface area contributed by atoms with Crippen molar-refractivity contribution in [2.45, 2.75) is 25.2 Å². The molecule has 0 spiro atoms. The fraction of sp³-hybridized carbons (Fsp3) is 0.462. The molecular weight excluding hydrogens is 273 g/mol. The van der Waals surface area contributed by atoms with E-state index < -0.39 is 6.36 Å². The van der Waals surface area contributed by atoms with Gasteiger partial charge >= 0.3 is 6.36 Å². The number of nitrogens with one attached hydrogen (secondary N) is 2. The van der Waals surface area contributed by atoms with Crippen LogP contribution in [0.2, 0.25) is 0 Å². The Labute approximate surface area is 114 Å². The number of carbonyl (C=O) groups excluding carboxylic acids is 1. The molecule has 1 aromatic carbocycles. The quantitative estimate of drug-likeness (QED) is 0.885. The van der Waals surface area contributed by atoms with Crippen LogP contribution in [0.4, 0.5) is 13.2 Å². The van der Waals surface area contributed by atoms with Crippen LogP contribution in [0.15, 0.2) is 24.3 Å². The van der Waals surface area contributed by atoms with Crippen molar-refractivity contribution in [1.82, 2.24) is 10.6 Å². The summed E-state index contributed by atoms with van der Waals surface area (Å²) in [5, 5.41) is 6.00. The summed E-state index contributed by atoms with van der Waals surface area (Å²) < 4.78 is 39.7. The Kier molecular flexibility index (Phi) is 4.49. The summed E-state index contributed by atoms with van der Waals surface area (Å²) in [5.41, 5.74) is 0.642. The Morgan fingerprint density at radius 2 is 2.05 bits per heavy atom. The molecule has 1 aromatic rings. The van der Waals surface area contributed by atoms with Crippen molar-refractivity contribution in [3.05, 3.63) is 29.8 Å². The van der Waals surface area contributed by atoms with Gasteiger partial charge in [-0.15, -0.1) is 13.2 Å². The summed E-state index contributed by atoms with van der Waals surface area (Å²) in [6, 6.07) is 5.44. The van der Waals surface area contributed by atoms with Gasteiger partial charge in [0, 0.05) is 12.6 Å². The van der Waals surface area contributed by atoms with Crippen molar-refractivity contribution >= 4 is 5.91 Å². The van der Waals surface area contributed by atoms with Crippen LogP contribution in [0.3, 0.4) is 0 Å². The highest BCUT2D eigenvalue weighted by atomic mass is 19.4. The molecule has 4 nitrogen and oxygen atoms in total. The highest BCUT2D eigenvalue weighted by molar-refractivity contribution is 5.78. The largest absolute Gasteiger partial charge is 0.573 e. The molecule has 1 saturated heterocycles. The third-order valence-corrected chi connectivity index (χ3v) is 2.95. The molecule has 0 aromatic heterocycles. The van der Waals surface area contributed by atoms with Gasteiger partial charge in [-0.3, -0.25) is 4.79 Å². The molecule has 1 amide bonds. The normalized spacial score (nSPS) is 18.9. The van der Waals surface area contributed by atoms with E-state index in [2.05, 4.69) is 15.4 Å². The monoisotopic (exact) mass is 288 g/mol. The lowest BCUT2D eigenvalue weighted by molar-refractivity contribution is -0.274. The summed E-state index contributed by atoms with van der Waals surface area (Å²) in [7, 11) is 0. The number of carbonyl (C=O) groups is 1. The highest BCUT2D eigenvalue weighted by Crippen LogP contribution is 2.22. The maximum Gasteiger partial charge on any atom is 0.573 e. The first kappa shape index (κ1) is 14.6. The van der Waals surface area contributed by atoms with Crippen LogP contribution in [-0.4, -0.2) is 31.4 Å². The Hall–Kier alpha value is -1.76. The second-order valence-electron chi connectivity index (χ2n) is 4.63. The van der Waals surface area contributed by atoms with Crippen molar-refractivity contribution in [1.29, 1.82) is 0 Å². The molecule has 0 aliphatic carbocycles. The Morgan fingerprint density at radius 1 is 1.35 bits per heavy atom. The van der Waals surface area contributed by atoms with Crippen LogP contribution in [0, 0.1) is 0 Å². The minimum absolute atomic E-state index is 0.135. The van der Waals surface area contributed by atoms with E-state index in [1.807, 2.05) is 0 Å². The summed E-state index contributed by atoms with van der Waals surface area (Å²) in [5.74, 6) is -0.426. The average Bonchev–Trinajstić information content (AvgIpc) is 2.82. The zero-order valence-electron chi connectivity index (χ0n) is 10.7. The molecule has 7 heteroatoms. The van der Waals surface area contributed by atoms with E-state index in [1.54, 1.807) is 0 Å². The predicted octanol–water partition coefficient (Wildman–Crippen LogP) is 1.61. The molecule has 1 heterocycles. The summed E-state index contributed by atoms with van der Waals surface area (Å²) in [4.78, 5) is 11.7. The van der Waals surface area contributed by atoms with Gasteiger partial charge < -0.3 is 15.4 Å². The molecule has 1 atom stereocenters. The number of hydrogen-bond donors (Lipinski definition) is 2. The standard InChI is InChI=1S/C13H15F3N2O2/c14-13(15,16)20-11-3-1-9(2-4-11)7-12(19)18-10-5-6-17-8-10/h1-4,10,17H,5-8H2,(H,18,19). The number of amides is 1. The van der Waals surface area contributed by atoms with Crippen LogP contribution < -0.4 is 15.4 Å². The predicted molar refractivity (Wildman–Crippen MR) is 66.2 cm³/mol. The number of hydrogen-bond acceptors (Lipinski definition) is 3. The van der Waals surface area contributed by atoms with Crippen molar-refractivity contribution in [2.75, 3.05) is 13.1 Å². The average molecular weight is 288 g/mol. The van der Waals surface area contributed by atoms with Crippen LogP contribution in [0.1, 0.15) is 12.0 Å². The van der Waals surface area contributed by atoms with Crippen molar-refractivity contribution in [3.8, 4) is 5.75 Å². The molecule has 0 saturated carbocycles. The maximum absolute atomic E-state index is 12.0. The van der Waals surface area contributed by atoms with Gasteiger partial charge in [-0.2, -0.15) is 0 Å². The highest BCUT2D eigenvalue weighted by Gasteiger charge is 2.30. The molecule has 1 unspecified atom stereocenters. The first-order chi connectivity index (χ1) is 9.42. The van der Waals surface area contributed by atoms with Crippen LogP contribution >= 0.6 is 0 Å². The molecule has 1 aliphatic rings. The van der Waals surface area contributed by atoms with Crippen LogP contribution in [0.25, 0.3) is 0 Å². The van der Waals surface area contributed by atoms with Gasteiger partial charge in [-0.25, -0.2) is 0 Å². The van der Waals surface area contributed by atoms with E-state index in [9.17, 15) is 18.0 Å². The molecule has 1 fully saturated rings. The van der Waals surface area contributed by atoms with E-state index in [0.717, 1.165) is 19.5 Å². The number of ether oxygens (including phenoxy) is 1. The minimum Gasteiger partial charge on any atom is -0.406 e. The topological polar surface area (TPSA) is 50.4 Å². The second kappa shape index (κ2) is 6.13. The molecule has 1 aliphatic heterocycles. The first-order valence-electron chi connectivity index (χ1n) is 6.27. The van der Waals surface area contributed by atoms with E-state index in [1.165, 1.54) is 24.3 Å². The van der Waals surface area contributed by atoms with E-state index in [-0.39, 0.29) is 24.1 Å². The third kappa shape index (κ3) is 4.73. The van der Waals surface area contributed by atoms with Crippen LogP contribution in [-0.2, 0) is 11.2 Å². The SMILES string of the molecule is O=C(Cc1ccc(OC(F)(F)F)cc1)NC1CCNC1. The number of rotatable bonds is 4.